The Morgan fingerprint density at radius 2 is 2.42 bits per heavy atom. The third-order valence-corrected chi connectivity index (χ3v) is 3.29. The number of ether oxygens (including phenoxy) is 1. The molecule has 0 aromatic carbocycles. The van der Waals surface area contributed by atoms with Gasteiger partial charge in [-0.3, -0.25) is 9.78 Å². The van der Waals surface area contributed by atoms with Gasteiger partial charge in [0.15, 0.2) is 5.82 Å². The average Bonchev–Trinajstić information content (AvgIpc) is 2.92. The Kier molecular flexibility index (Phi) is 4.64. The Hall–Kier alpha value is -1.73. The molecule has 0 spiro atoms. The SMILES string of the molecule is CCC1OCCC1CNC(=O)c1cncc(NN)n1. The number of nitrogens with zero attached hydrogens (tertiary/aromatic N) is 2. The molecule has 1 aromatic rings. The van der Waals surface area contributed by atoms with Crippen molar-refractivity contribution in [1.29, 1.82) is 0 Å². The molecule has 1 saturated heterocycles. The molecule has 1 aliphatic rings. The first-order chi connectivity index (χ1) is 9.24. The van der Waals surface area contributed by atoms with Crippen LogP contribution in [0.2, 0.25) is 0 Å². The van der Waals surface area contributed by atoms with Gasteiger partial charge in [-0.15, -0.1) is 0 Å². The number of amides is 1. The highest BCUT2D eigenvalue weighted by Gasteiger charge is 2.27. The minimum Gasteiger partial charge on any atom is -0.378 e. The van der Waals surface area contributed by atoms with Gasteiger partial charge >= 0.3 is 0 Å². The van der Waals surface area contributed by atoms with Gasteiger partial charge in [-0.25, -0.2) is 10.8 Å². The quantitative estimate of drug-likeness (QED) is 0.523. The molecule has 104 valence electrons. The van der Waals surface area contributed by atoms with Crippen molar-refractivity contribution in [2.75, 3.05) is 18.6 Å². The number of anilines is 1. The molecule has 0 radical (unpaired) electrons. The fourth-order valence-electron chi connectivity index (χ4n) is 2.24. The topological polar surface area (TPSA) is 102 Å². The van der Waals surface area contributed by atoms with Gasteiger partial charge in [-0.1, -0.05) is 6.92 Å². The molecular weight excluding hydrogens is 246 g/mol. The van der Waals surface area contributed by atoms with Gasteiger partial charge in [0.05, 0.1) is 18.5 Å². The molecule has 7 heteroatoms. The lowest BCUT2D eigenvalue weighted by Crippen LogP contribution is -2.33. The molecule has 1 fully saturated rings. The van der Waals surface area contributed by atoms with E-state index in [0.717, 1.165) is 19.4 Å². The van der Waals surface area contributed by atoms with Crippen molar-refractivity contribution < 1.29 is 9.53 Å². The molecule has 2 rings (SSSR count). The van der Waals surface area contributed by atoms with Crippen molar-refractivity contribution in [1.82, 2.24) is 15.3 Å². The Balaban J connectivity index is 1.90. The molecule has 2 unspecified atom stereocenters. The fraction of sp³-hybridized carbons (Fsp3) is 0.583. The summed E-state index contributed by atoms with van der Waals surface area (Å²) in [5, 5.41) is 2.87. The Morgan fingerprint density at radius 3 is 3.16 bits per heavy atom. The second kappa shape index (κ2) is 6.44. The van der Waals surface area contributed by atoms with E-state index in [1.807, 2.05) is 0 Å². The standard InChI is InChI=1S/C12H19N5O2/c1-2-10-8(3-4-19-10)5-15-12(18)9-6-14-7-11(16-9)17-13/h6-8,10H,2-5,13H2,1H3,(H,15,18)(H,16,17). The molecule has 4 N–H and O–H groups in total. The summed E-state index contributed by atoms with van der Waals surface area (Å²) in [5.41, 5.74) is 2.61. The molecule has 0 saturated carbocycles. The van der Waals surface area contributed by atoms with Crippen molar-refractivity contribution in [2.45, 2.75) is 25.9 Å². The van der Waals surface area contributed by atoms with E-state index in [2.05, 4.69) is 27.6 Å². The van der Waals surface area contributed by atoms with Gasteiger partial charge in [0.2, 0.25) is 0 Å². The Labute approximate surface area is 111 Å². The highest BCUT2D eigenvalue weighted by Crippen LogP contribution is 2.22. The first-order valence-corrected chi connectivity index (χ1v) is 6.43. The molecule has 0 bridgehead atoms. The predicted octanol–water partition coefficient (Wildman–Crippen LogP) is 0.307. The van der Waals surface area contributed by atoms with Gasteiger partial charge in [-0.2, -0.15) is 0 Å². The van der Waals surface area contributed by atoms with E-state index in [1.165, 1.54) is 12.4 Å². The molecule has 1 aromatic heterocycles. The van der Waals surface area contributed by atoms with Crippen LogP contribution in [0.1, 0.15) is 30.3 Å². The molecule has 2 atom stereocenters. The summed E-state index contributed by atoms with van der Waals surface area (Å²) in [6.45, 7) is 3.46. The van der Waals surface area contributed by atoms with Gasteiger partial charge in [0, 0.05) is 19.1 Å². The van der Waals surface area contributed by atoms with Crippen LogP contribution >= 0.6 is 0 Å². The van der Waals surface area contributed by atoms with Gasteiger partial charge in [0.1, 0.15) is 5.69 Å². The molecule has 0 aliphatic carbocycles. The largest absolute Gasteiger partial charge is 0.378 e. The van der Waals surface area contributed by atoms with Crippen LogP contribution in [-0.4, -0.2) is 35.1 Å². The minimum atomic E-state index is -0.244. The zero-order valence-electron chi connectivity index (χ0n) is 10.9. The fourth-order valence-corrected chi connectivity index (χ4v) is 2.24. The number of nitrogen functional groups attached to an aromatic ring is 1. The summed E-state index contributed by atoms with van der Waals surface area (Å²) in [5.74, 6) is 5.72. The first-order valence-electron chi connectivity index (χ1n) is 6.43. The van der Waals surface area contributed by atoms with Crippen LogP contribution in [0, 0.1) is 5.92 Å². The number of aromatic nitrogens is 2. The smallest absolute Gasteiger partial charge is 0.271 e. The van der Waals surface area contributed by atoms with E-state index in [0.29, 0.717) is 18.3 Å². The van der Waals surface area contributed by atoms with Crippen molar-refractivity contribution >= 4 is 11.7 Å². The molecule has 19 heavy (non-hydrogen) atoms. The maximum atomic E-state index is 11.9. The summed E-state index contributed by atoms with van der Waals surface area (Å²) in [6.07, 6.45) is 5.05. The zero-order chi connectivity index (χ0) is 13.7. The van der Waals surface area contributed by atoms with E-state index in [-0.39, 0.29) is 17.7 Å². The van der Waals surface area contributed by atoms with Gasteiger partial charge in [0.25, 0.3) is 5.91 Å². The van der Waals surface area contributed by atoms with Crippen LogP contribution in [0.5, 0.6) is 0 Å². The summed E-state index contributed by atoms with van der Waals surface area (Å²) >= 11 is 0. The third kappa shape index (κ3) is 3.39. The number of rotatable bonds is 5. The summed E-state index contributed by atoms with van der Waals surface area (Å²) in [7, 11) is 0. The van der Waals surface area contributed by atoms with Crippen molar-refractivity contribution in [3.05, 3.63) is 18.1 Å². The second-order valence-corrected chi connectivity index (χ2v) is 4.51. The summed E-state index contributed by atoms with van der Waals surface area (Å²) in [6, 6.07) is 0. The molecular formula is C12H19N5O2. The first kappa shape index (κ1) is 13.7. The maximum absolute atomic E-state index is 11.9. The maximum Gasteiger partial charge on any atom is 0.271 e. The van der Waals surface area contributed by atoms with Gasteiger partial charge in [-0.05, 0) is 12.8 Å². The Morgan fingerprint density at radius 1 is 1.58 bits per heavy atom. The molecule has 2 heterocycles. The highest BCUT2D eigenvalue weighted by molar-refractivity contribution is 5.92. The summed E-state index contributed by atoms with van der Waals surface area (Å²) in [4.78, 5) is 19.9. The van der Waals surface area contributed by atoms with Crippen LogP contribution in [0.15, 0.2) is 12.4 Å². The van der Waals surface area contributed by atoms with E-state index in [9.17, 15) is 4.79 Å². The van der Waals surface area contributed by atoms with Gasteiger partial charge < -0.3 is 15.5 Å². The number of carbonyl (C=O) groups is 1. The number of hydrogen-bond donors (Lipinski definition) is 3. The molecule has 1 aliphatic heterocycles. The number of hydrazine groups is 1. The van der Waals surface area contributed by atoms with Crippen molar-refractivity contribution in [3.8, 4) is 0 Å². The lowest BCUT2D eigenvalue weighted by molar-refractivity contribution is 0.0825. The monoisotopic (exact) mass is 265 g/mol. The molecule has 7 nitrogen and oxygen atoms in total. The number of hydrogen-bond acceptors (Lipinski definition) is 6. The summed E-state index contributed by atoms with van der Waals surface area (Å²) < 4.78 is 5.58. The van der Waals surface area contributed by atoms with Crippen LogP contribution < -0.4 is 16.6 Å². The minimum absolute atomic E-state index is 0.239. The highest BCUT2D eigenvalue weighted by atomic mass is 16.5. The third-order valence-electron chi connectivity index (χ3n) is 3.29. The van der Waals surface area contributed by atoms with E-state index in [4.69, 9.17) is 10.6 Å². The van der Waals surface area contributed by atoms with Crippen molar-refractivity contribution in [2.24, 2.45) is 11.8 Å². The average molecular weight is 265 g/mol. The van der Waals surface area contributed by atoms with E-state index >= 15 is 0 Å². The number of nitrogens with two attached hydrogens (primary N) is 1. The molecule has 1 amide bonds. The van der Waals surface area contributed by atoms with Crippen molar-refractivity contribution in [3.63, 3.8) is 0 Å². The number of nitrogens with one attached hydrogen (secondary N) is 2. The van der Waals surface area contributed by atoms with E-state index < -0.39 is 0 Å². The predicted molar refractivity (Wildman–Crippen MR) is 70.3 cm³/mol. The second-order valence-electron chi connectivity index (χ2n) is 4.51. The van der Waals surface area contributed by atoms with E-state index in [1.54, 1.807) is 0 Å². The van der Waals surface area contributed by atoms with Crippen LogP contribution in [0.4, 0.5) is 5.82 Å². The lowest BCUT2D eigenvalue weighted by Gasteiger charge is -2.17. The van der Waals surface area contributed by atoms with Crippen LogP contribution in [0.25, 0.3) is 0 Å². The number of carbonyl (C=O) groups excluding carboxylic acids is 1. The van der Waals surface area contributed by atoms with Crippen LogP contribution in [0.3, 0.4) is 0 Å². The lowest BCUT2D eigenvalue weighted by atomic mass is 10.00. The van der Waals surface area contributed by atoms with Crippen LogP contribution in [-0.2, 0) is 4.74 Å². The zero-order valence-corrected chi connectivity index (χ0v) is 10.9. The normalized spacial score (nSPS) is 22.2. The Bertz CT molecular complexity index is 440.